The van der Waals surface area contributed by atoms with Gasteiger partial charge in [0.25, 0.3) is 5.56 Å². The maximum absolute atomic E-state index is 12.9. The third-order valence-corrected chi connectivity index (χ3v) is 4.09. The van der Waals surface area contributed by atoms with E-state index in [4.69, 9.17) is 23.2 Å². The lowest BCUT2D eigenvalue weighted by Gasteiger charge is -2.15. The van der Waals surface area contributed by atoms with Gasteiger partial charge in [-0.1, -0.05) is 48.3 Å². The van der Waals surface area contributed by atoms with Crippen molar-refractivity contribution in [1.29, 1.82) is 0 Å². The summed E-state index contributed by atoms with van der Waals surface area (Å²) >= 11 is 12.6. The van der Waals surface area contributed by atoms with Crippen LogP contribution in [0.25, 0.3) is 16.6 Å². The molecule has 1 heterocycles. The van der Waals surface area contributed by atoms with E-state index in [1.807, 2.05) is 25.1 Å². The summed E-state index contributed by atoms with van der Waals surface area (Å²) < 4.78 is 1.54. The van der Waals surface area contributed by atoms with Crippen molar-refractivity contribution in [2.45, 2.75) is 19.8 Å². The third kappa shape index (κ3) is 2.51. The molecule has 0 amide bonds. The number of hydrogen-bond donors (Lipinski definition) is 0. The Morgan fingerprint density at radius 2 is 1.73 bits per heavy atom. The lowest BCUT2D eigenvalue weighted by Crippen LogP contribution is -2.24. The van der Waals surface area contributed by atoms with E-state index in [0.29, 0.717) is 38.9 Å². The molecule has 3 rings (SSSR count). The molecule has 22 heavy (non-hydrogen) atoms. The first-order valence-electron chi connectivity index (χ1n) is 7.08. The molecule has 0 aliphatic rings. The molecule has 5 heteroatoms. The maximum atomic E-state index is 12.9. The van der Waals surface area contributed by atoms with Gasteiger partial charge in [-0.15, -0.1) is 0 Å². The van der Waals surface area contributed by atoms with Crippen LogP contribution in [-0.2, 0) is 6.42 Å². The Balaban J connectivity index is 2.44. The van der Waals surface area contributed by atoms with Crippen molar-refractivity contribution >= 4 is 34.1 Å². The van der Waals surface area contributed by atoms with Crippen LogP contribution in [0.5, 0.6) is 0 Å². The fraction of sp³-hybridized carbons (Fsp3) is 0.176. The van der Waals surface area contributed by atoms with Crippen molar-refractivity contribution in [1.82, 2.24) is 9.55 Å². The molecule has 0 fully saturated rings. The Hall–Kier alpha value is -1.84. The van der Waals surface area contributed by atoms with E-state index in [0.717, 1.165) is 6.42 Å². The lowest BCUT2D eigenvalue weighted by atomic mass is 10.2. The van der Waals surface area contributed by atoms with Crippen LogP contribution < -0.4 is 5.56 Å². The zero-order valence-electron chi connectivity index (χ0n) is 12.0. The highest BCUT2D eigenvalue weighted by Gasteiger charge is 2.16. The van der Waals surface area contributed by atoms with Crippen molar-refractivity contribution in [2.24, 2.45) is 0 Å². The van der Waals surface area contributed by atoms with Crippen LogP contribution in [0.4, 0.5) is 0 Å². The summed E-state index contributed by atoms with van der Waals surface area (Å²) in [5.74, 6) is 0.668. The molecule has 0 atom stereocenters. The average Bonchev–Trinajstić information content (AvgIpc) is 2.50. The van der Waals surface area contributed by atoms with Gasteiger partial charge in [0.1, 0.15) is 5.82 Å². The van der Waals surface area contributed by atoms with Crippen molar-refractivity contribution in [3.05, 3.63) is 68.7 Å². The predicted molar refractivity (Wildman–Crippen MR) is 91.4 cm³/mol. The highest BCUT2D eigenvalue weighted by atomic mass is 35.5. The van der Waals surface area contributed by atoms with E-state index < -0.39 is 0 Å². The SMILES string of the molecule is CCCc1nc2ccccc2c(=O)n1-c1c(Cl)cccc1Cl. The molecule has 1 aromatic heterocycles. The molecule has 0 unspecified atom stereocenters. The molecule has 0 saturated carbocycles. The van der Waals surface area contributed by atoms with Gasteiger partial charge in [-0.2, -0.15) is 0 Å². The number of benzene rings is 2. The predicted octanol–water partition coefficient (Wildman–Crippen LogP) is 4.65. The Morgan fingerprint density at radius 3 is 2.41 bits per heavy atom. The van der Waals surface area contributed by atoms with E-state index >= 15 is 0 Å². The molecular formula is C17H14Cl2N2O. The zero-order chi connectivity index (χ0) is 15.7. The monoisotopic (exact) mass is 332 g/mol. The maximum Gasteiger partial charge on any atom is 0.266 e. The van der Waals surface area contributed by atoms with Crippen molar-refractivity contribution in [3.8, 4) is 5.69 Å². The molecule has 0 bridgehead atoms. The first-order chi connectivity index (χ1) is 10.6. The number of fused-ring (bicyclic) bond motifs is 1. The Kier molecular flexibility index (Phi) is 4.19. The molecule has 3 aromatic rings. The highest BCUT2D eigenvalue weighted by molar-refractivity contribution is 6.37. The minimum atomic E-state index is -0.149. The molecule has 2 aromatic carbocycles. The van der Waals surface area contributed by atoms with Gasteiger partial charge >= 0.3 is 0 Å². The van der Waals surface area contributed by atoms with Crippen LogP contribution in [0.15, 0.2) is 47.3 Å². The van der Waals surface area contributed by atoms with Gasteiger partial charge in [0.05, 0.1) is 26.6 Å². The van der Waals surface area contributed by atoms with Crippen LogP contribution in [0.2, 0.25) is 10.0 Å². The number of hydrogen-bond acceptors (Lipinski definition) is 2. The third-order valence-electron chi connectivity index (χ3n) is 3.48. The minimum absolute atomic E-state index is 0.149. The number of rotatable bonds is 3. The summed E-state index contributed by atoms with van der Waals surface area (Å²) in [6.07, 6.45) is 1.54. The van der Waals surface area contributed by atoms with Crippen molar-refractivity contribution in [2.75, 3.05) is 0 Å². The molecule has 0 radical (unpaired) electrons. The number of para-hydroxylation sites is 2. The van der Waals surface area contributed by atoms with Crippen LogP contribution in [0.1, 0.15) is 19.2 Å². The topological polar surface area (TPSA) is 34.9 Å². The van der Waals surface area contributed by atoms with Crippen LogP contribution in [0.3, 0.4) is 0 Å². The van der Waals surface area contributed by atoms with Crippen LogP contribution >= 0.6 is 23.2 Å². The van der Waals surface area contributed by atoms with Crippen molar-refractivity contribution in [3.63, 3.8) is 0 Å². The van der Waals surface area contributed by atoms with Crippen LogP contribution in [-0.4, -0.2) is 9.55 Å². The average molecular weight is 333 g/mol. The molecule has 0 aliphatic carbocycles. The zero-order valence-corrected chi connectivity index (χ0v) is 13.5. The van der Waals surface area contributed by atoms with Crippen molar-refractivity contribution < 1.29 is 0 Å². The molecule has 0 N–H and O–H groups in total. The Bertz CT molecular complexity index is 883. The van der Waals surface area contributed by atoms with E-state index in [1.54, 1.807) is 24.3 Å². The quantitative estimate of drug-likeness (QED) is 0.699. The molecular weight excluding hydrogens is 319 g/mol. The van der Waals surface area contributed by atoms with E-state index in [1.165, 1.54) is 4.57 Å². The van der Waals surface area contributed by atoms with Gasteiger partial charge in [0, 0.05) is 6.42 Å². The van der Waals surface area contributed by atoms with Gasteiger partial charge in [-0.25, -0.2) is 4.98 Å². The van der Waals surface area contributed by atoms with Gasteiger partial charge in [-0.3, -0.25) is 9.36 Å². The summed E-state index contributed by atoms with van der Waals surface area (Å²) in [4.78, 5) is 17.6. The molecule has 0 aliphatic heterocycles. The number of halogens is 2. The number of aryl methyl sites for hydroxylation is 1. The molecule has 3 nitrogen and oxygen atoms in total. The fourth-order valence-corrected chi connectivity index (χ4v) is 3.07. The minimum Gasteiger partial charge on any atom is -0.268 e. The standard InChI is InChI=1S/C17H14Cl2N2O/c1-2-6-15-20-14-10-4-3-7-11(14)17(22)21(15)16-12(18)8-5-9-13(16)19/h3-5,7-10H,2,6H2,1H3. The van der Waals surface area contributed by atoms with Gasteiger partial charge in [-0.05, 0) is 30.7 Å². The fourth-order valence-electron chi connectivity index (χ4n) is 2.50. The second-order valence-corrected chi connectivity index (χ2v) is 5.82. The molecule has 0 saturated heterocycles. The summed E-state index contributed by atoms with van der Waals surface area (Å²) in [5.41, 5.74) is 1.04. The first kappa shape index (κ1) is 15.1. The van der Waals surface area contributed by atoms with Crippen LogP contribution in [0, 0.1) is 0 Å². The summed E-state index contributed by atoms with van der Waals surface area (Å²) in [6, 6.07) is 12.5. The summed E-state index contributed by atoms with van der Waals surface area (Å²) in [5, 5.41) is 1.42. The smallest absolute Gasteiger partial charge is 0.266 e. The number of nitrogens with zero attached hydrogens (tertiary/aromatic N) is 2. The summed E-state index contributed by atoms with van der Waals surface area (Å²) in [7, 11) is 0. The normalized spacial score (nSPS) is 11.0. The largest absolute Gasteiger partial charge is 0.268 e. The van der Waals surface area contributed by atoms with Gasteiger partial charge < -0.3 is 0 Å². The van der Waals surface area contributed by atoms with Gasteiger partial charge in [0.15, 0.2) is 0 Å². The molecule has 112 valence electrons. The second kappa shape index (κ2) is 6.11. The molecule has 0 spiro atoms. The highest BCUT2D eigenvalue weighted by Crippen LogP contribution is 2.28. The Labute approximate surface area is 138 Å². The second-order valence-electron chi connectivity index (χ2n) is 5.01. The van der Waals surface area contributed by atoms with E-state index in [9.17, 15) is 4.79 Å². The summed E-state index contributed by atoms with van der Waals surface area (Å²) in [6.45, 7) is 2.04. The Morgan fingerprint density at radius 1 is 1.05 bits per heavy atom. The number of aromatic nitrogens is 2. The van der Waals surface area contributed by atoms with E-state index in [2.05, 4.69) is 4.98 Å². The lowest BCUT2D eigenvalue weighted by molar-refractivity contribution is 0.775. The van der Waals surface area contributed by atoms with E-state index in [-0.39, 0.29) is 5.56 Å². The van der Waals surface area contributed by atoms with Gasteiger partial charge in [0.2, 0.25) is 0 Å². The first-order valence-corrected chi connectivity index (χ1v) is 7.84.